The van der Waals surface area contributed by atoms with E-state index >= 15 is 0 Å². The Morgan fingerprint density at radius 3 is 2.33 bits per heavy atom. The predicted molar refractivity (Wildman–Crippen MR) is 119 cm³/mol. The van der Waals surface area contributed by atoms with E-state index in [0.717, 1.165) is 40.8 Å². The maximum absolute atomic E-state index is 6.10. The summed E-state index contributed by atoms with van der Waals surface area (Å²) in [6, 6.07) is 25.1. The smallest absolute Gasteiger partial charge is 0.103 e. The number of benzene rings is 3. The zero-order chi connectivity index (χ0) is 19.2. The first-order valence-corrected chi connectivity index (χ1v) is 9.56. The van der Waals surface area contributed by atoms with Crippen LogP contribution in [0.5, 0.6) is 0 Å². The molecule has 0 amide bonds. The van der Waals surface area contributed by atoms with Crippen LogP contribution in [0.3, 0.4) is 0 Å². The molecule has 3 aromatic rings. The molecule has 0 aromatic heterocycles. The summed E-state index contributed by atoms with van der Waals surface area (Å²) in [5.74, 6) is 0. The standard InChI is InChI=1S/C25H24ClN/c1-18-10-7-8-11-21(18)17-16-19(2)25-23(22-12-5-4-6-13-22)14-9-15-24(25)27-20(3)26/h4-15H,2,16-17H2,1,3H3/b27-20+. The molecule has 0 aliphatic rings. The van der Waals surface area contributed by atoms with Crippen molar-refractivity contribution >= 4 is 28.0 Å². The summed E-state index contributed by atoms with van der Waals surface area (Å²) in [5, 5.41) is 0.521. The van der Waals surface area contributed by atoms with Gasteiger partial charge in [-0.2, -0.15) is 0 Å². The zero-order valence-electron chi connectivity index (χ0n) is 15.9. The highest BCUT2D eigenvalue weighted by Crippen LogP contribution is 2.37. The summed E-state index contributed by atoms with van der Waals surface area (Å²) in [6.45, 7) is 8.37. The van der Waals surface area contributed by atoms with Crippen LogP contribution in [0.1, 0.15) is 30.0 Å². The third-order valence-corrected chi connectivity index (χ3v) is 4.80. The van der Waals surface area contributed by atoms with Crippen LogP contribution < -0.4 is 0 Å². The van der Waals surface area contributed by atoms with Gasteiger partial charge in [-0.3, -0.25) is 0 Å². The summed E-state index contributed by atoms with van der Waals surface area (Å²) in [5.41, 5.74) is 8.01. The Hall–Kier alpha value is -2.64. The van der Waals surface area contributed by atoms with E-state index in [1.807, 2.05) is 18.2 Å². The van der Waals surface area contributed by atoms with Gasteiger partial charge < -0.3 is 0 Å². The number of aryl methyl sites for hydroxylation is 2. The van der Waals surface area contributed by atoms with Gasteiger partial charge in [-0.05, 0) is 60.6 Å². The first-order chi connectivity index (χ1) is 13.1. The molecule has 0 spiro atoms. The van der Waals surface area contributed by atoms with Crippen LogP contribution in [0.2, 0.25) is 0 Å². The monoisotopic (exact) mass is 373 g/mol. The number of aliphatic imine (C=N–C) groups is 1. The Kier molecular flexibility index (Phi) is 6.26. The molecule has 0 aliphatic heterocycles. The lowest BCUT2D eigenvalue weighted by molar-refractivity contribution is 1.00. The Morgan fingerprint density at radius 1 is 0.926 bits per heavy atom. The molecule has 1 nitrogen and oxygen atoms in total. The maximum atomic E-state index is 6.10. The zero-order valence-corrected chi connectivity index (χ0v) is 16.6. The van der Waals surface area contributed by atoms with Crippen molar-refractivity contribution in [1.29, 1.82) is 0 Å². The van der Waals surface area contributed by atoms with E-state index in [9.17, 15) is 0 Å². The van der Waals surface area contributed by atoms with Gasteiger partial charge in [0.05, 0.1) is 5.69 Å². The number of hydrogen-bond donors (Lipinski definition) is 0. The fraction of sp³-hybridized carbons (Fsp3) is 0.160. The van der Waals surface area contributed by atoms with Gasteiger partial charge in [-0.15, -0.1) is 0 Å². The first-order valence-electron chi connectivity index (χ1n) is 9.18. The Morgan fingerprint density at radius 2 is 1.63 bits per heavy atom. The van der Waals surface area contributed by atoms with Gasteiger partial charge in [0.25, 0.3) is 0 Å². The molecule has 0 atom stereocenters. The lowest BCUT2D eigenvalue weighted by Crippen LogP contribution is -1.95. The molecule has 27 heavy (non-hydrogen) atoms. The van der Waals surface area contributed by atoms with Crippen molar-refractivity contribution in [1.82, 2.24) is 0 Å². The molecule has 0 saturated carbocycles. The van der Waals surface area contributed by atoms with Gasteiger partial charge >= 0.3 is 0 Å². The van der Waals surface area contributed by atoms with Gasteiger partial charge in [-0.1, -0.05) is 84.9 Å². The molecule has 136 valence electrons. The molecule has 0 heterocycles. The third kappa shape index (κ3) is 4.75. The van der Waals surface area contributed by atoms with Crippen LogP contribution in [0.15, 0.2) is 84.4 Å². The van der Waals surface area contributed by atoms with Crippen molar-refractivity contribution in [2.24, 2.45) is 4.99 Å². The highest BCUT2D eigenvalue weighted by molar-refractivity contribution is 6.65. The van der Waals surface area contributed by atoms with E-state index in [-0.39, 0.29) is 0 Å². The lowest BCUT2D eigenvalue weighted by Gasteiger charge is -2.16. The average Bonchev–Trinajstić information content (AvgIpc) is 2.67. The van der Waals surface area contributed by atoms with E-state index in [0.29, 0.717) is 5.17 Å². The first kappa shape index (κ1) is 19.1. The van der Waals surface area contributed by atoms with Gasteiger partial charge in [0.1, 0.15) is 5.17 Å². The minimum Gasteiger partial charge on any atom is -0.241 e. The molecule has 2 heteroatoms. The van der Waals surface area contributed by atoms with Crippen molar-refractivity contribution in [3.05, 3.63) is 96.1 Å². The Bertz CT molecular complexity index is 967. The number of nitrogens with zero attached hydrogens (tertiary/aromatic N) is 1. The van der Waals surface area contributed by atoms with Crippen molar-refractivity contribution in [3.63, 3.8) is 0 Å². The Balaban J connectivity index is 2.00. The SMILES string of the molecule is C=C(CCc1ccccc1C)c1c(/N=C(\C)Cl)cccc1-c1ccccc1. The van der Waals surface area contributed by atoms with Crippen molar-refractivity contribution in [3.8, 4) is 11.1 Å². The summed E-state index contributed by atoms with van der Waals surface area (Å²) >= 11 is 6.10. The number of halogens is 1. The van der Waals surface area contributed by atoms with E-state index in [4.69, 9.17) is 11.6 Å². The number of rotatable bonds is 6. The molecule has 3 rings (SSSR count). The van der Waals surface area contributed by atoms with E-state index in [1.165, 1.54) is 11.1 Å². The molecule has 0 fully saturated rings. The minimum absolute atomic E-state index is 0.521. The number of allylic oxidation sites excluding steroid dienone is 1. The van der Waals surface area contributed by atoms with Crippen LogP contribution in [0.25, 0.3) is 16.7 Å². The quantitative estimate of drug-likeness (QED) is 0.394. The van der Waals surface area contributed by atoms with Crippen LogP contribution in [-0.2, 0) is 6.42 Å². The molecular formula is C25H24ClN. The molecule has 3 aromatic carbocycles. The topological polar surface area (TPSA) is 12.4 Å². The summed E-state index contributed by atoms with van der Waals surface area (Å²) in [7, 11) is 0. The molecule has 0 N–H and O–H groups in total. The van der Waals surface area contributed by atoms with E-state index < -0.39 is 0 Å². The highest BCUT2D eigenvalue weighted by atomic mass is 35.5. The number of hydrogen-bond acceptors (Lipinski definition) is 1. The molecular weight excluding hydrogens is 350 g/mol. The van der Waals surface area contributed by atoms with Crippen LogP contribution in [0, 0.1) is 6.92 Å². The van der Waals surface area contributed by atoms with Crippen LogP contribution in [-0.4, -0.2) is 5.17 Å². The average molecular weight is 374 g/mol. The van der Waals surface area contributed by atoms with Crippen LogP contribution in [0.4, 0.5) is 5.69 Å². The van der Waals surface area contributed by atoms with Crippen molar-refractivity contribution < 1.29 is 0 Å². The van der Waals surface area contributed by atoms with Crippen molar-refractivity contribution in [2.75, 3.05) is 0 Å². The van der Waals surface area contributed by atoms with Gasteiger partial charge in [0.15, 0.2) is 0 Å². The fourth-order valence-corrected chi connectivity index (χ4v) is 3.42. The molecule has 0 radical (unpaired) electrons. The molecule has 0 unspecified atom stereocenters. The second-order valence-corrected chi connectivity index (χ2v) is 7.25. The summed E-state index contributed by atoms with van der Waals surface area (Å²) in [4.78, 5) is 4.56. The summed E-state index contributed by atoms with van der Waals surface area (Å²) < 4.78 is 0. The minimum atomic E-state index is 0.521. The predicted octanol–water partition coefficient (Wildman–Crippen LogP) is 7.60. The maximum Gasteiger partial charge on any atom is 0.103 e. The lowest BCUT2D eigenvalue weighted by atomic mass is 9.90. The van der Waals surface area contributed by atoms with Gasteiger partial charge in [-0.25, -0.2) is 4.99 Å². The second kappa shape index (κ2) is 8.83. The Labute approximate surface area is 167 Å². The van der Waals surface area contributed by atoms with Gasteiger partial charge in [0.2, 0.25) is 0 Å². The largest absolute Gasteiger partial charge is 0.241 e. The molecule has 0 saturated heterocycles. The van der Waals surface area contributed by atoms with Gasteiger partial charge in [0, 0.05) is 5.56 Å². The van der Waals surface area contributed by atoms with Crippen molar-refractivity contribution in [2.45, 2.75) is 26.7 Å². The normalized spacial score (nSPS) is 11.4. The molecule has 0 aliphatic carbocycles. The third-order valence-electron chi connectivity index (χ3n) is 4.71. The highest BCUT2D eigenvalue weighted by Gasteiger charge is 2.13. The van der Waals surface area contributed by atoms with E-state index in [1.54, 1.807) is 6.92 Å². The molecule has 0 bridgehead atoms. The van der Waals surface area contributed by atoms with Crippen LogP contribution >= 0.6 is 11.6 Å². The van der Waals surface area contributed by atoms with E-state index in [2.05, 4.69) is 73.1 Å². The summed E-state index contributed by atoms with van der Waals surface area (Å²) in [6.07, 6.45) is 1.83. The second-order valence-electron chi connectivity index (χ2n) is 6.70. The fourth-order valence-electron chi connectivity index (χ4n) is 3.33.